The van der Waals surface area contributed by atoms with Crippen LogP contribution in [-0.2, 0) is 6.61 Å². The van der Waals surface area contributed by atoms with E-state index in [-0.39, 0.29) is 11.7 Å². The van der Waals surface area contributed by atoms with Crippen molar-refractivity contribution in [2.75, 3.05) is 0 Å². The number of hydrogen-bond donors (Lipinski definition) is 1. The number of benzene rings is 2. The van der Waals surface area contributed by atoms with Gasteiger partial charge in [-0.15, -0.1) is 0 Å². The van der Waals surface area contributed by atoms with Gasteiger partial charge in [0.1, 0.15) is 12.4 Å². The third kappa shape index (κ3) is 3.79. The molecule has 5 heteroatoms. The summed E-state index contributed by atoms with van der Waals surface area (Å²) < 4.78 is 5.75. The van der Waals surface area contributed by atoms with Crippen LogP contribution in [0.2, 0.25) is 0 Å². The SMILES string of the molecule is Cc1cc([C@@H](C)N)ccc1OCc1ccc([N+](=O)[O-])cc1. The van der Waals surface area contributed by atoms with Crippen LogP contribution in [0.1, 0.15) is 29.7 Å². The van der Waals surface area contributed by atoms with Gasteiger partial charge in [0.05, 0.1) is 4.92 Å². The Morgan fingerprint density at radius 2 is 1.90 bits per heavy atom. The highest BCUT2D eigenvalue weighted by Crippen LogP contribution is 2.23. The molecule has 21 heavy (non-hydrogen) atoms. The summed E-state index contributed by atoms with van der Waals surface area (Å²) in [6.07, 6.45) is 0. The summed E-state index contributed by atoms with van der Waals surface area (Å²) in [6.45, 7) is 4.28. The lowest BCUT2D eigenvalue weighted by Gasteiger charge is -2.12. The van der Waals surface area contributed by atoms with E-state index in [1.165, 1.54) is 12.1 Å². The normalized spacial score (nSPS) is 12.0. The Balaban J connectivity index is 2.04. The molecule has 2 rings (SSSR count). The number of ether oxygens (including phenoxy) is 1. The van der Waals surface area contributed by atoms with Gasteiger partial charge in [0.15, 0.2) is 0 Å². The van der Waals surface area contributed by atoms with Crippen LogP contribution in [-0.4, -0.2) is 4.92 Å². The number of nitro groups is 1. The van der Waals surface area contributed by atoms with Crippen LogP contribution in [0.4, 0.5) is 5.69 Å². The standard InChI is InChI=1S/C16H18N2O3/c1-11-9-14(12(2)17)5-8-16(11)21-10-13-3-6-15(7-4-13)18(19)20/h3-9,12H,10,17H2,1-2H3/t12-/m1/s1. The molecule has 0 saturated heterocycles. The van der Waals surface area contributed by atoms with Crippen molar-refractivity contribution in [3.63, 3.8) is 0 Å². The second-order valence-corrected chi connectivity index (χ2v) is 5.03. The van der Waals surface area contributed by atoms with Crippen LogP contribution in [0.5, 0.6) is 5.75 Å². The van der Waals surface area contributed by atoms with E-state index in [2.05, 4.69) is 0 Å². The first-order valence-electron chi connectivity index (χ1n) is 6.69. The summed E-state index contributed by atoms with van der Waals surface area (Å²) in [7, 11) is 0. The lowest BCUT2D eigenvalue weighted by molar-refractivity contribution is -0.384. The lowest BCUT2D eigenvalue weighted by Crippen LogP contribution is -2.05. The quantitative estimate of drug-likeness (QED) is 0.674. The zero-order chi connectivity index (χ0) is 15.4. The molecule has 0 aromatic heterocycles. The molecule has 0 heterocycles. The van der Waals surface area contributed by atoms with Crippen LogP contribution in [0.25, 0.3) is 0 Å². The number of aryl methyl sites for hydroxylation is 1. The van der Waals surface area contributed by atoms with Crippen molar-refractivity contribution in [2.24, 2.45) is 5.73 Å². The molecule has 0 amide bonds. The fraction of sp³-hybridized carbons (Fsp3) is 0.250. The summed E-state index contributed by atoms with van der Waals surface area (Å²) in [6, 6.07) is 12.2. The smallest absolute Gasteiger partial charge is 0.269 e. The van der Waals surface area contributed by atoms with Gasteiger partial charge >= 0.3 is 0 Å². The van der Waals surface area contributed by atoms with Crippen molar-refractivity contribution in [3.05, 3.63) is 69.3 Å². The zero-order valence-corrected chi connectivity index (χ0v) is 12.1. The molecule has 0 bridgehead atoms. The van der Waals surface area contributed by atoms with Gasteiger partial charge in [-0.25, -0.2) is 0 Å². The Hall–Kier alpha value is -2.40. The van der Waals surface area contributed by atoms with Crippen molar-refractivity contribution < 1.29 is 9.66 Å². The third-order valence-electron chi connectivity index (χ3n) is 3.27. The van der Waals surface area contributed by atoms with Gasteiger partial charge in [0.25, 0.3) is 5.69 Å². The van der Waals surface area contributed by atoms with Crippen LogP contribution in [0.15, 0.2) is 42.5 Å². The molecule has 0 aliphatic carbocycles. The number of hydrogen-bond acceptors (Lipinski definition) is 4. The summed E-state index contributed by atoms with van der Waals surface area (Å²) >= 11 is 0. The average molecular weight is 286 g/mol. The van der Waals surface area contributed by atoms with Gasteiger partial charge in [-0.05, 0) is 48.7 Å². The van der Waals surface area contributed by atoms with Gasteiger partial charge in [-0.2, -0.15) is 0 Å². The van der Waals surface area contributed by atoms with E-state index in [4.69, 9.17) is 10.5 Å². The van der Waals surface area contributed by atoms with Gasteiger partial charge in [-0.3, -0.25) is 10.1 Å². The van der Waals surface area contributed by atoms with Crippen LogP contribution in [0.3, 0.4) is 0 Å². The van der Waals surface area contributed by atoms with Gasteiger partial charge < -0.3 is 10.5 Å². The zero-order valence-electron chi connectivity index (χ0n) is 12.1. The van der Waals surface area contributed by atoms with E-state index < -0.39 is 4.92 Å². The molecular weight excluding hydrogens is 268 g/mol. The third-order valence-corrected chi connectivity index (χ3v) is 3.27. The highest BCUT2D eigenvalue weighted by molar-refractivity contribution is 5.38. The molecule has 110 valence electrons. The van der Waals surface area contributed by atoms with E-state index in [9.17, 15) is 10.1 Å². The van der Waals surface area contributed by atoms with E-state index in [0.717, 1.165) is 22.4 Å². The second kappa shape index (κ2) is 6.37. The molecule has 0 aliphatic rings. The second-order valence-electron chi connectivity index (χ2n) is 5.03. The molecule has 2 aromatic carbocycles. The summed E-state index contributed by atoms with van der Waals surface area (Å²) in [5.74, 6) is 0.790. The average Bonchev–Trinajstić information content (AvgIpc) is 2.46. The molecule has 1 atom stereocenters. The highest BCUT2D eigenvalue weighted by atomic mass is 16.6. The number of non-ortho nitro benzene ring substituents is 1. The Bertz CT molecular complexity index is 636. The van der Waals surface area contributed by atoms with E-state index in [1.54, 1.807) is 12.1 Å². The fourth-order valence-corrected chi connectivity index (χ4v) is 1.99. The van der Waals surface area contributed by atoms with Crippen LogP contribution in [0, 0.1) is 17.0 Å². The molecule has 0 saturated carbocycles. The van der Waals surface area contributed by atoms with Crippen molar-refractivity contribution in [1.82, 2.24) is 0 Å². The Morgan fingerprint density at radius 1 is 1.24 bits per heavy atom. The molecule has 0 radical (unpaired) electrons. The van der Waals surface area contributed by atoms with Gasteiger partial charge in [0, 0.05) is 18.2 Å². The Morgan fingerprint density at radius 3 is 2.43 bits per heavy atom. The van der Waals surface area contributed by atoms with Crippen LogP contribution < -0.4 is 10.5 Å². The summed E-state index contributed by atoms with van der Waals surface area (Å²) in [4.78, 5) is 10.2. The summed E-state index contributed by atoms with van der Waals surface area (Å²) in [5, 5.41) is 10.6. The van der Waals surface area contributed by atoms with Gasteiger partial charge in [-0.1, -0.05) is 12.1 Å². The largest absolute Gasteiger partial charge is 0.489 e. The first-order chi connectivity index (χ1) is 9.97. The van der Waals surface area contributed by atoms with Crippen molar-refractivity contribution >= 4 is 5.69 Å². The number of nitrogens with zero attached hydrogens (tertiary/aromatic N) is 1. The minimum absolute atomic E-state index is 0.00702. The topological polar surface area (TPSA) is 78.4 Å². The van der Waals surface area contributed by atoms with E-state index in [0.29, 0.717) is 6.61 Å². The number of nitrogens with two attached hydrogens (primary N) is 1. The van der Waals surface area contributed by atoms with E-state index in [1.807, 2.05) is 32.0 Å². The maximum absolute atomic E-state index is 10.6. The molecule has 2 aromatic rings. The number of nitro benzene ring substituents is 1. The Kier molecular flexibility index (Phi) is 4.55. The maximum Gasteiger partial charge on any atom is 0.269 e. The minimum Gasteiger partial charge on any atom is -0.489 e. The van der Waals surface area contributed by atoms with Crippen LogP contribution >= 0.6 is 0 Å². The van der Waals surface area contributed by atoms with E-state index >= 15 is 0 Å². The first-order valence-corrected chi connectivity index (χ1v) is 6.69. The minimum atomic E-state index is -0.415. The molecule has 0 unspecified atom stereocenters. The molecule has 0 fully saturated rings. The monoisotopic (exact) mass is 286 g/mol. The first kappa shape index (κ1) is 15.0. The molecular formula is C16H18N2O3. The fourth-order valence-electron chi connectivity index (χ4n) is 1.99. The van der Waals surface area contributed by atoms with Crippen molar-refractivity contribution in [1.29, 1.82) is 0 Å². The maximum atomic E-state index is 10.6. The van der Waals surface area contributed by atoms with Crippen molar-refractivity contribution in [3.8, 4) is 5.75 Å². The molecule has 0 aliphatic heterocycles. The lowest BCUT2D eigenvalue weighted by atomic mass is 10.1. The predicted octanol–water partition coefficient (Wildman–Crippen LogP) is 3.50. The number of rotatable bonds is 5. The Labute approximate surface area is 123 Å². The highest BCUT2D eigenvalue weighted by Gasteiger charge is 2.06. The van der Waals surface area contributed by atoms with Gasteiger partial charge in [0.2, 0.25) is 0 Å². The molecule has 5 nitrogen and oxygen atoms in total. The molecule has 2 N–H and O–H groups in total. The predicted molar refractivity (Wildman–Crippen MR) is 81.2 cm³/mol. The van der Waals surface area contributed by atoms with Crippen molar-refractivity contribution in [2.45, 2.75) is 26.5 Å². The summed E-state index contributed by atoms with van der Waals surface area (Å²) in [5.41, 5.74) is 8.89. The molecule has 0 spiro atoms.